The molecule has 0 aliphatic carbocycles. The molecule has 41 heavy (non-hydrogen) atoms. The summed E-state index contributed by atoms with van der Waals surface area (Å²) < 4.78 is 8.04. The van der Waals surface area contributed by atoms with E-state index in [9.17, 15) is 0 Å². The summed E-state index contributed by atoms with van der Waals surface area (Å²) in [5.74, 6) is 5.11. The van der Waals surface area contributed by atoms with Crippen LogP contribution in [0.15, 0.2) is 133 Å². The maximum absolute atomic E-state index is 2.56. The monoisotopic (exact) mass is 586 g/mol. The molecule has 0 N–H and O–H groups in total. The number of aromatic nitrogens is 2. The number of fused-ring (bicyclic) bond motifs is 9. The van der Waals surface area contributed by atoms with Gasteiger partial charge in [0.15, 0.2) is 0 Å². The van der Waals surface area contributed by atoms with Crippen LogP contribution in [0.4, 0.5) is 0 Å². The van der Waals surface area contributed by atoms with Gasteiger partial charge in [-0.15, -0.1) is 0 Å². The van der Waals surface area contributed by atoms with Gasteiger partial charge in [0.25, 0.3) is 0 Å². The van der Waals surface area contributed by atoms with E-state index in [1.54, 1.807) is 8.79 Å². The topological polar surface area (TPSA) is 9.86 Å². The average molecular weight is 585 g/mol. The molecule has 3 heterocycles. The van der Waals surface area contributed by atoms with E-state index >= 15 is 0 Å². The van der Waals surface area contributed by atoms with E-state index < -0.39 is 13.3 Å². The molecule has 1 aliphatic rings. The van der Waals surface area contributed by atoms with Crippen LogP contribution in [0, 0.1) is 0 Å². The molecule has 0 saturated heterocycles. The van der Waals surface area contributed by atoms with Crippen molar-refractivity contribution in [1.29, 1.82) is 0 Å². The Bertz CT molecular complexity index is 2240. The molecule has 1 aliphatic heterocycles. The minimum absolute atomic E-state index is 1.23. The molecule has 9 rings (SSSR count). The van der Waals surface area contributed by atoms with Crippen LogP contribution in [0.25, 0.3) is 66.1 Å². The van der Waals surface area contributed by atoms with Gasteiger partial charge in [-0.2, -0.15) is 0 Å². The number of nitrogens with zero attached hydrogens (tertiary/aromatic N) is 2. The van der Waals surface area contributed by atoms with Gasteiger partial charge in [-0.25, -0.2) is 0 Å². The summed E-state index contributed by atoms with van der Waals surface area (Å²) in [5, 5.41) is 5.22. The van der Waals surface area contributed by atoms with Crippen LogP contribution in [-0.4, -0.2) is 22.4 Å². The Morgan fingerprint density at radius 2 is 0.805 bits per heavy atom. The van der Waals surface area contributed by atoms with Crippen molar-refractivity contribution in [3.05, 3.63) is 133 Å². The van der Waals surface area contributed by atoms with Gasteiger partial charge in [0, 0.05) is 0 Å². The van der Waals surface area contributed by atoms with E-state index in [1.807, 2.05) is 0 Å². The minimum atomic E-state index is -2.53. The Kier molecular flexibility index (Phi) is 4.67. The quantitative estimate of drug-likeness (QED) is 0.180. The van der Waals surface area contributed by atoms with Crippen LogP contribution < -0.4 is 8.79 Å². The van der Waals surface area contributed by atoms with Gasteiger partial charge in [-0.05, 0) is 0 Å². The average Bonchev–Trinajstić information content (AvgIpc) is 3.61. The Morgan fingerprint density at radius 1 is 0.390 bits per heavy atom. The summed E-state index contributed by atoms with van der Waals surface area (Å²) in [6, 6.07) is 49.6. The first-order chi connectivity index (χ1) is 20.1. The summed E-state index contributed by atoms with van der Waals surface area (Å²) in [7, 11) is 0. The number of hydrogen-bond acceptors (Lipinski definition) is 0. The molecule has 194 valence electrons. The van der Waals surface area contributed by atoms with Gasteiger partial charge in [0.1, 0.15) is 0 Å². The van der Waals surface area contributed by atoms with Gasteiger partial charge < -0.3 is 0 Å². The summed E-state index contributed by atoms with van der Waals surface area (Å²) in [4.78, 5) is 0. The molecule has 8 aromatic rings. The fourth-order valence-electron chi connectivity index (χ4n) is 7.41. The van der Waals surface area contributed by atoms with Crippen LogP contribution in [0.5, 0.6) is 0 Å². The van der Waals surface area contributed by atoms with Gasteiger partial charge in [-0.1, -0.05) is 0 Å². The number of benzene rings is 6. The van der Waals surface area contributed by atoms with Crippen molar-refractivity contribution in [3.8, 4) is 22.5 Å². The van der Waals surface area contributed by atoms with Crippen LogP contribution in [0.3, 0.4) is 0 Å². The zero-order valence-electron chi connectivity index (χ0n) is 23.1. The normalized spacial score (nSPS) is 13.8. The second kappa shape index (κ2) is 8.25. The Hall–Kier alpha value is -4.54. The molecule has 0 amide bonds. The first kappa shape index (κ1) is 23.2. The van der Waals surface area contributed by atoms with Crippen LogP contribution in [-0.2, 0) is 0 Å². The van der Waals surface area contributed by atoms with Crippen molar-refractivity contribution in [3.63, 3.8) is 0 Å². The number of hydrogen-bond donors (Lipinski definition) is 0. The van der Waals surface area contributed by atoms with Gasteiger partial charge in [0.05, 0.1) is 0 Å². The molecule has 0 bridgehead atoms. The van der Waals surface area contributed by atoms with E-state index in [4.69, 9.17) is 0 Å². The molecule has 2 aromatic heterocycles. The second-order valence-electron chi connectivity index (χ2n) is 11.8. The molecule has 3 heteroatoms. The first-order valence-corrected chi connectivity index (χ1v) is 20.7. The van der Waals surface area contributed by atoms with Crippen molar-refractivity contribution in [1.82, 2.24) is 9.13 Å². The third-order valence-electron chi connectivity index (χ3n) is 9.32. The molecular weight excluding hydrogens is 557 g/mol. The molecule has 0 unspecified atom stereocenters. The molecule has 0 fully saturated rings. The number of rotatable bonds is 2. The van der Waals surface area contributed by atoms with Crippen LogP contribution in [0.1, 0.15) is 0 Å². The van der Waals surface area contributed by atoms with Crippen molar-refractivity contribution >= 4 is 65.7 Å². The summed E-state index contributed by atoms with van der Waals surface area (Å²) in [6.45, 7) is 0. The van der Waals surface area contributed by atoms with E-state index in [0.717, 1.165) is 0 Å². The summed E-state index contributed by atoms with van der Waals surface area (Å²) in [5.41, 5.74) is 10.4. The van der Waals surface area contributed by atoms with Crippen LogP contribution >= 0.6 is 0 Å². The second-order valence-corrected chi connectivity index (χ2v) is 20.9. The van der Waals surface area contributed by atoms with Crippen LogP contribution in [0.2, 0.25) is 11.5 Å². The first-order valence-electron chi connectivity index (χ1n) is 14.4. The van der Waals surface area contributed by atoms with Crippen molar-refractivity contribution in [2.24, 2.45) is 0 Å². The predicted octanol–water partition coefficient (Wildman–Crippen LogP) is 8.68. The fraction of sp³-hybridized carbons (Fsp3) is 0.0526. The van der Waals surface area contributed by atoms with Gasteiger partial charge >= 0.3 is 242 Å². The zero-order valence-corrected chi connectivity index (χ0v) is 25.2. The molecule has 0 radical (unpaired) electrons. The molecule has 0 saturated carbocycles. The third-order valence-corrected chi connectivity index (χ3v) is 16.8. The Morgan fingerprint density at radius 3 is 1.29 bits per heavy atom. The predicted molar refractivity (Wildman–Crippen MR) is 177 cm³/mol. The standard InChI is InChI=1S/C38H28GeN2/c1-39(2)33-22-20-25(40-35-15-7-3-11-28(35)29-12-4-8-16-36(29)40)23-32(33)27-21-19-26(24-34(27)39)41-37-17-9-5-13-30(37)31-14-6-10-18-38(31)41/h3-24H,1-2H3. The SMILES string of the molecule is [CH3][Ge]1([CH3])[c]2ccc(-n3c4ccccc4c4ccccc43)cc2-c2ccc(-n3c4ccccc4c4ccccc43)c[c]21. The van der Waals surface area contributed by atoms with Gasteiger partial charge in [0.2, 0.25) is 0 Å². The summed E-state index contributed by atoms with van der Waals surface area (Å²) >= 11 is -2.53. The van der Waals surface area contributed by atoms with Crippen molar-refractivity contribution < 1.29 is 0 Å². The van der Waals surface area contributed by atoms with E-state index in [2.05, 4.69) is 154 Å². The third kappa shape index (κ3) is 3.08. The van der Waals surface area contributed by atoms with E-state index in [1.165, 1.54) is 66.1 Å². The molecule has 0 atom stereocenters. The maximum atomic E-state index is 2.56. The Labute approximate surface area is 241 Å². The molecule has 6 aromatic carbocycles. The van der Waals surface area contributed by atoms with E-state index in [-0.39, 0.29) is 0 Å². The summed E-state index contributed by atoms with van der Waals surface area (Å²) in [6.07, 6.45) is 0. The zero-order chi connectivity index (χ0) is 27.3. The number of para-hydroxylation sites is 4. The van der Waals surface area contributed by atoms with Crippen molar-refractivity contribution in [2.45, 2.75) is 11.5 Å². The molecule has 2 nitrogen and oxygen atoms in total. The molecule has 0 spiro atoms. The van der Waals surface area contributed by atoms with Gasteiger partial charge in [-0.3, -0.25) is 0 Å². The Balaban J connectivity index is 1.27. The van der Waals surface area contributed by atoms with Crippen molar-refractivity contribution in [2.75, 3.05) is 0 Å². The fourth-order valence-corrected chi connectivity index (χ4v) is 13.9. The molecular formula is C38H28GeN2. The van der Waals surface area contributed by atoms with E-state index in [0.29, 0.717) is 0 Å².